The van der Waals surface area contributed by atoms with Crippen molar-refractivity contribution in [1.82, 2.24) is 9.88 Å². The molecule has 1 atom stereocenters. The van der Waals surface area contributed by atoms with E-state index in [9.17, 15) is 0 Å². The number of anilines is 2. The first kappa shape index (κ1) is 13.6. The van der Waals surface area contributed by atoms with Crippen molar-refractivity contribution in [2.45, 2.75) is 32.2 Å². The third-order valence-corrected chi connectivity index (χ3v) is 3.69. The molecule has 0 bridgehead atoms. The number of hydrogen-bond donors (Lipinski definition) is 2. The van der Waals surface area contributed by atoms with Crippen LogP contribution in [0.3, 0.4) is 0 Å². The van der Waals surface area contributed by atoms with E-state index in [0.29, 0.717) is 23.1 Å². The van der Waals surface area contributed by atoms with Crippen LogP contribution in [-0.4, -0.2) is 35.6 Å². The Labute approximate surface area is 114 Å². The van der Waals surface area contributed by atoms with Gasteiger partial charge in [-0.15, -0.1) is 0 Å². The van der Waals surface area contributed by atoms with E-state index < -0.39 is 0 Å². The summed E-state index contributed by atoms with van der Waals surface area (Å²) >= 11 is 0. The van der Waals surface area contributed by atoms with Crippen LogP contribution in [0.2, 0.25) is 0 Å². The number of pyridine rings is 1. The van der Waals surface area contributed by atoms with E-state index >= 15 is 0 Å². The van der Waals surface area contributed by atoms with Gasteiger partial charge in [-0.1, -0.05) is 6.42 Å². The van der Waals surface area contributed by atoms with Crippen LogP contribution in [0.15, 0.2) is 12.3 Å². The number of nitrogens with one attached hydrogen (secondary N) is 1. The van der Waals surface area contributed by atoms with Crippen molar-refractivity contribution in [3.63, 3.8) is 0 Å². The summed E-state index contributed by atoms with van der Waals surface area (Å²) in [6.45, 7) is 5.35. The van der Waals surface area contributed by atoms with Gasteiger partial charge in [-0.25, -0.2) is 4.98 Å². The van der Waals surface area contributed by atoms with Gasteiger partial charge in [-0.3, -0.25) is 4.90 Å². The lowest BCUT2D eigenvalue weighted by Crippen LogP contribution is -2.41. The smallest absolute Gasteiger partial charge is 0.150 e. The number of nitrogens with zero attached hydrogens (tertiary/aromatic N) is 3. The average Bonchev–Trinajstić information content (AvgIpc) is 2.47. The molecule has 3 N–H and O–H groups in total. The Kier molecular flexibility index (Phi) is 4.58. The highest BCUT2D eigenvalue weighted by Crippen LogP contribution is 2.19. The van der Waals surface area contributed by atoms with Gasteiger partial charge >= 0.3 is 0 Å². The minimum atomic E-state index is 0.441. The fourth-order valence-electron chi connectivity index (χ4n) is 2.44. The second-order valence-corrected chi connectivity index (χ2v) is 5.06. The molecule has 1 saturated heterocycles. The van der Waals surface area contributed by atoms with Crippen molar-refractivity contribution < 1.29 is 0 Å². The molecular weight excluding hydrogens is 238 g/mol. The van der Waals surface area contributed by atoms with Crippen molar-refractivity contribution in [3.8, 4) is 6.07 Å². The molecule has 1 aliphatic rings. The summed E-state index contributed by atoms with van der Waals surface area (Å²) in [6.07, 6.45) is 5.53. The first-order valence-electron chi connectivity index (χ1n) is 6.85. The van der Waals surface area contributed by atoms with Crippen LogP contribution in [0.4, 0.5) is 11.5 Å². The molecule has 2 heterocycles. The number of piperidine rings is 1. The van der Waals surface area contributed by atoms with E-state index in [0.717, 1.165) is 6.54 Å². The van der Waals surface area contributed by atoms with E-state index in [1.54, 1.807) is 12.3 Å². The van der Waals surface area contributed by atoms with Gasteiger partial charge < -0.3 is 11.1 Å². The first-order chi connectivity index (χ1) is 9.22. The van der Waals surface area contributed by atoms with E-state index in [2.05, 4.69) is 28.2 Å². The first-order valence-corrected chi connectivity index (χ1v) is 6.85. The molecule has 1 unspecified atom stereocenters. The van der Waals surface area contributed by atoms with Gasteiger partial charge in [0, 0.05) is 18.8 Å². The Morgan fingerprint density at radius 3 is 2.89 bits per heavy atom. The Morgan fingerprint density at radius 2 is 2.21 bits per heavy atom. The zero-order valence-corrected chi connectivity index (χ0v) is 11.4. The molecule has 0 amide bonds. The van der Waals surface area contributed by atoms with Gasteiger partial charge in [0.2, 0.25) is 0 Å². The summed E-state index contributed by atoms with van der Waals surface area (Å²) in [4.78, 5) is 6.69. The summed E-state index contributed by atoms with van der Waals surface area (Å²) in [7, 11) is 0. The molecule has 0 aliphatic carbocycles. The molecule has 102 valence electrons. The van der Waals surface area contributed by atoms with Gasteiger partial charge in [-0.05, 0) is 38.9 Å². The number of hydrogen-bond acceptors (Lipinski definition) is 5. The summed E-state index contributed by atoms with van der Waals surface area (Å²) in [5.41, 5.74) is 6.81. The highest BCUT2D eigenvalue weighted by molar-refractivity contribution is 5.68. The molecule has 1 aromatic heterocycles. The third-order valence-electron chi connectivity index (χ3n) is 3.69. The lowest BCUT2D eigenvalue weighted by molar-refractivity contribution is 0.180. The molecule has 0 radical (unpaired) electrons. The van der Waals surface area contributed by atoms with Crippen molar-refractivity contribution >= 4 is 11.5 Å². The summed E-state index contributed by atoms with van der Waals surface area (Å²) < 4.78 is 0. The van der Waals surface area contributed by atoms with Crippen LogP contribution >= 0.6 is 0 Å². The zero-order chi connectivity index (χ0) is 13.7. The molecule has 5 heteroatoms. The minimum Gasteiger partial charge on any atom is -0.395 e. The number of nitrogen functional groups attached to an aromatic ring is 1. The maximum absolute atomic E-state index is 8.93. The highest BCUT2D eigenvalue weighted by Gasteiger charge is 2.16. The van der Waals surface area contributed by atoms with Crippen LogP contribution in [0, 0.1) is 11.3 Å². The van der Waals surface area contributed by atoms with E-state index in [4.69, 9.17) is 11.0 Å². The number of aromatic nitrogens is 1. The Bertz CT molecular complexity index is 459. The molecule has 2 rings (SSSR count). The average molecular weight is 259 g/mol. The summed E-state index contributed by atoms with van der Waals surface area (Å²) in [5.74, 6) is 0.614. The molecule has 1 fully saturated rings. The van der Waals surface area contributed by atoms with Crippen LogP contribution in [0.25, 0.3) is 0 Å². The van der Waals surface area contributed by atoms with Crippen molar-refractivity contribution in [2.75, 3.05) is 30.7 Å². The number of nitriles is 1. The topological polar surface area (TPSA) is 78.0 Å². The van der Waals surface area contributed by atoms with Crippen molar-refractivity contribution in [2.24, 2.45) is 0 Å². The van der Waals surface area contributed by atoms with Gasteiger partial charge in [-0.2, -0.15) is 5.26 Å². The van der Waals surface area contributed by atoms with E-state index in [1.807, 2.05) is 0 Å². The predicted molar refractivity (Wildman–Crippen MR) is 76.7 cm³/mol. The van der Waals surface area contributed by atoms with Crippen LogP contribution < -0.4 is 11.1 Å². The van der Waals surface area contributed by atoms with Crippen molar-refractivity contribution in [1.29, 1.82) is 5.26 Å². The second-order valence-electron chi connectivity index (χ2n) is 5.06. The number of likely N-dealkylation sites (tertiary alicyclic amines) is 1. The Morgan fingerprint density at radius 1 is 1.47 bits per heavy atom. The maximum Gasteiger partial charge on any atom is 0.150 e. The Hall–Kier alpha value is -1.80. The lowest BCUT2D eigenvalue weighted by atomic mass is 10.1. The second kappa shape index (κ2) is 6.39. The van der Waals surface area contributed by atoms with Crippen LogP contribution in [0.1, 0.15) is 31.7 Å². The van der Waals surface area contributed by atoms with Crippen LogP contribution in [0.5, 0.6) is 0 Å². The van der Waals surface area contributed by atoms with E-state index in [1.165, 1.54) is 32.4 Å². The Balaban J connectivity index is 1.93. The molecule has 1 aliphatic heterocycles. The monoisotopic (exact) mass is 259 g/mol. The molecule has 19 heavy (non-hydrogen) atoms. The molecule has 0 spiro atoms. The number of nitrogens with two attached hydrogens (primary N) is 1. The van der Waals surface area contributed by atoms with Crippen molar-refractivity contribution in [3.05, 3.63) is 17.8 Å². The van der Waals surface area contributed by atoms with Gasteiger partial charge in [0.05, 0.1) is 11.3 Å². The number of rotatable bonds is 4. The predicted octanol–water partition coefficient (Wildman–Crippen LogP) is 1.82. The SMILES string of the molecule is CC(CNc1nccc(C#N)c1N)N1CCCCC1. The highest BCUT2D eigenvalue weighted by atomic mass is 15.2. The van der Waals surface area contributed by atoms with Gasteiger partial charge in [0.15, 0.2) is 5.82 Å². The molecule has 0 aromatic carbocycles. The van der Waals surface area contributed by atoms with Crippen LogP contribution in [-0.2, 0) is 0 Å². The van der Waals surface area contributed by atoms with Gasteiger partial charge in [0.25, 0.3) is 0 Å². The molecule has 1 aromatic rings. The fraction of sp³-hybridized carbons (Fsp3) is 0.571. The molecular formula is C14H21N5. The summed E-state index contributed by atoms with van der Waals surface area (Å²) in [6, 6.07) is 4.16. The summed E-state index contributed by atoms with van der Waals surface area (Å²) in [5, 5.41) is 12.2. The molecule has 5 nitrogen and oxygen atoms in total. The zero-order valence-electron chi connectivity index (χ0n) is 11.4. The van der Waals surface area contributed by atoms with E-state index in [-0.39, 0.29) is 0 Å². The standard InChI is InChI=1S/C14H21N5/c1-11(19-7-3-2-4-8-19)10-18-14-13(16)12(9-15)5-6-17-14/h5-6,11H,2-4,7-8,10,16H2,1H3,(H,17,18). The van der Waals surface area contributed by atoms with Gasteiger partial charge in [0.1, 0.15) is 6.07 Å². The normalized spacial score (nSPS) is 17.7. The fourth-order valence-corrected chi connectivity index (χ4v) is 2.44. The minimum absolute atomic E-state index is 0.441. The third kappa shape index (κ3) is 3.36. The molecule has 0 saturated carbocycles. The largest absolute Gasteiger partial charge is 0.395 e. The maximum atomic E-state index is 8.93. The quantitative estimate of drug-likeness (QED) is 0.862. The lowest BCUT2D eigenvalue weighted by Gasteiger charge is -2.32.